The molecule has 1 aromatic carbocycles. The number of allylic oxidation sites excluding steroid dienone is 1. The number of rotatable bonds is 4. The predicted molar refractivity (Wildman–Crippen MR) is 60.4 cm³/mol. The van der Waals surface area contributed by atoms with E-state index in [1.807, 2.05) is 6.07 Å². The first-order valence-electron chi connectivity index (χ1n) is 4.44. The van der Waals surface area contributed by atoms with Crippen LogP contribution in [0.1, 0.15) is 24.8 Å². The van der Waals surface area contributed by atoms with Gasteiger partial charge < -0.3 is 23.9 Å². The van der Waals surface area contributed by atoms with Gasteiger partial charge in [0.15, 0.2) is 0 Å². The van der Waals surface area contributed by atoms with Crippen molar-refractivity contribution in [3.63, 3.8) is 0 Å². The smallest absolute Gasteiger partial charge is 1.00 e. The fourth-order valence-electron chi connectivity index (χ4n) is 1.05. The molecule has 0 heterocycles. The molecule has 0 aliphatic heterocycles. The van der Waals surface area contributed by atoms with Crippen LogP contribution in [-0.4, -0.2) is 23.1 Å². The van der Waals surface area contributed by atoms with Crippen LogP contribution in [0, 0.1) is 6.92 Å². The van der Waals surface area contributed by atoms with Crippen molar-refractivity contribution in [2.75, 3.05) is 0 Å². The van der Waals surface area contributed by atoms with Gasteiger partial charge in [0.2, 0.25) is 0 Å². The summed E-state index contributed by atoms with van der Waals surface area (Å²) >= 11 is 0. The van der Waals surface area contributed by atoms with E-state index in [4.69, 9.17) is 0 Å². The predicted octanol–water partition coefficient (Wildman–Crippen LogP) is 0.327. The SMILES string of the molecule is [Br-].[CH2-]CCCC=Cc1ccccc1.[Mg+2]. The Kier molecular flexibility index (Phi) is 13.4. The molecule has 0 fully saturated rings. The molecule has 0 bridgehead atoms. The Bertz CT molecular complexity index is 231. The molecule has 0 N–H and O–H groups in total. The summed E-state index contributed by atoms with van der Waals surface area (Å²) in [7, 11) is 0. The molecule has 0 nitrogen and oxygen atoms in total. The van der Waals surface area contributed by atoms with Crippen LogP contribution in [0.15, 0.2) is 36.4 Å². The Hall–Kier alpha value is 0.206. The summed E-state index contributed by atoms with van der Waals surface area (Å²) in [6.07, 6.45) is 7.72. The van der Waals surface area contributed by atoms with Gasteiger partial charge in [-0.2, -0.15) is 6.42 Å². The van der Waals surface area contributed by atoms with Crippen molar-refractivity contribution in [2.24, 2.45) is 0 Å². The van der Waals surface area contributed by atoms with Crippen LogP contribution in [0.3, 0.4) is 0 Å². The van der Waals surface area contributed by atoms with E-state index in [0.29, 0.717) is 0 Å². The molecule has 1 aromatic rings. The average Bonchev–Trinajstić information content (AvgIpc) is 2.14. The summed E-state index contributed by atoms with van der Waals surface area (Å²) in [6, 6.07) is 10.4. The normalized spacial score (nSPS) is 9.21. The van der Waals surface area contributed by atoms with E-state index < -0.39 is 0 Å². The molecule has 0 spiro atoms. The second-order valence-electron chi connectivity index (χ2n) is 2.81. The molecule has 0 amide bonds. The third-order valence-corrected chi connectivity index (χ3v) is 1.73. The van der Waals surface area contributed by atoms with Gasteiger partial charge in [0.1, 0.15) is 0 Å². The van der Waals surface area contributed by atoms with Gasteiger partial charge >= 0.3 is 23.1 Å². The van der Waals surface area contributed by atoms with Crippen LogP contribution < -0.4 is 17.0 Å². The number of hydrogen-bond acceptors (Lipinski definition) is 0. The molecule has 1 rings (SSSR count). The van der Waals surface area contributed by atoms with Crippen molar-refractivity contribution in [1.29, 1.82) is 0 Å². The molecule has 0 radical (unpaired) electrons. The van der Waals surface area contributed by atoms with Crippen molar-refractivity contribution in [3.8, 4) is 0 Å². The monoisotopic (exact) mass is 262 g/mol. The number of halogens is 1. The summed E-state index contributed by atoms with van der Waals surface area (Å²) in [4.78, 5) is 0. The molecule has 0 unspecified atom stereocenters. The van der Waals surface area contributed by atoms with Crippen LogP contribution in [0.4, 0.5) is 0 Å². The topological polar surface area (TPSA) is 0 Å². The quantitative estimate of drug-likeness (QED) is 0.417. The van der Waals surface area contributed by atoms with Gasteiger partial charge in [0.05, 0.1) is 0 Å². The second-order valence-corrected chi connectivity index (χ2v) is 2.81. The summed E-state index contributed by atoms with van der Waals surface area (Å²) in [5, 5.41) is 0. The fourth-order valence-corrected chi connectivity index (χ4v) is 1.05. The molecule has 14 heavy (non-hydrogen) atoms. The largest absolute Gasteiger partial charge is 2.00 e. The molecule has 2 heteroatoms. The van der Waals surface area contributed by atoms with E-state index >= 15 is 0 Å². The number of hydrogen-bond donors (Lipinski definition) is 0. The summed E-state index contributed by atoms with van der Waals surface area (Å²) < 4.78 is 0. The van der Waals surface area contributed by atoms with Gasteiger partial charge in [-0.05, 0) is 12.0 Å². The number of benzene rings is 1. The Morgan fingerprint density at radius 1 is 1.14 bits per heavy atom. The van der Waals surface area contributed by atoms with E-state index in [0.717, 1.165) is 12.8 Å². The minimum Gasteiger partial charge on any atom is -1.00 e. The third kappa shape index (κ3) is 7.60. The van der Waals surface area contributed by atoms with Crippen molar-refractivity contribution < 1.29 is 17.0 Å². The zero-order chi connectivity index (χ0) is 8.65. The van der Waals surface area contributed by atoms with Crippen molar-refractivity contribution in [3.05, 3.63) is 48.9 Å². The van der Waals surface area contributed by atoms with E-state index in [-0.39, 0.29) is 40.0 Å². The first-order valence-corrected chi connectivity index (χ1v) is 4.44. The Balaban J connectivity index is 0. The van der Waals surface area contributed by atoms with Gasteiger partial charge in [-0.3, -0.25) is 0 Å². The zero-order valence-electron chi connectivity index (χ0n) is 8.45. The molecule has 0 saturated heterocycles. The van der Waals surface area contributed by atoms with Gasteiger partial charge in [-0.15, -0.1) is 0 Å². The third-order valence-electron chi connectivity index (χ3n) is 1.73. The molecular formula is C12H15BrMg. The summed E-state index contributed by atoms with van der Waals surface area (Å²) in [5.74, 6) is 0. The summed E-state index contributed by atoms with van der Waals surface area (Å²) in [6.45, 7) is 3.80. The number of unbranched alkanes of at least 4 members (excludes halogenated alkanes) is 2. The first-order chi connectivity index (χ1) is 5.93. The Morgan fingerprint density at radius 3 is 2.36 bits per heavy atom. The maximum atomic E-state index is 3.80. The molecule has 0 saturated carbocycles. The van der Waals surface area contributed by atoms with Crippen LogP contribution in [0.2, 0.25) is 0 Å². The summed E-state index contributed by atoms with van der Waals surface area (Å²) in [5.41, 5.74) is 1.28. The Morgan fingerprint density at radius 2 is 1.79 bits per heavy atom. The van der Waals surface area contributed by atoms with Gasteiger partial charge in [0.25, 0.3) is 0 Å². The van der Waals surface area contributed by atoms with Crippen molar-refractivity contribution in [1.82, 2.24) is 0 Å². The first kappa shape index (κ1) is 16.6. The van der Waals surface area contributed by atoms with Crippen LogP contribution in [0.25, 0.3) is 6.08 Å². The van der Waals surface area contributed by atoms with Crippen molar-refractivity contribution in [2.45, 2.75) is 19.3 Å². The van der Waals surface area contributed by atoms with Crippen LogP contribution >= 0.6 is 0 Å². The molecule has 0 atom stereocenters. The minimum atomic E-state index is 0. The van der Waals surface area contributed by atoms with Crippen LogP contribution in [-0.2, 0) is 0 Å². The maximum absolute atomic E-state index is 3.80. The van der Waals surface area contributed by atoms with Crippen molar-refractivity contribution >= 4 is 29.1 Å². The molecule has 72 valence electrons. The van der Waals surface area contributed by atoms with Gasteiger partial charge in [0, 0.05) is 0 Å². The standard InChI is InChI=1S/C12H15.BrH.Mg/c1-2-3-4-6-9-12-10-7-5-8-11-12;;/h5-11H,1-4H2;1H;/q-1;;+2/p-1. The average molecular weight is 263 g/mol. The molecule has 0 aromatic heterocycles. The Labute approximate surface area is 114 Å². The molecule has 0 aliphatic rings. The fraction of sp³-hybridized carbons (Fsp3) is 0.250. The van der Waals surface area contributed by atoms with E-state index in [1.165, 1.54) is 12.0 Å². The minimum absolute atomic E-state index is 0. The van der Waals surface area contributed by atoms with Gasteiger partial charge in [-0.1, -0.05) is 48.9 Å². The van der Waals surface area contributed by atoms with E-state index in [9.17, 15) is 0 Å². The molecular weight excluding hydrogens is 248 g/mol. The zero-order valence-corrected chi connectivity index (χ0v) is 11.5. The second kappa shape index (κ2) is 11.3. The van der Waals surface area contributed by atoms with E-state index in [1.54, 1.807) is 0 Å². The molecule has 0 aliphatic carbocycles. The maximum Gasteiger partial charge on any atom is 2.00 e. The van der Waals surface area contributed by atoms with Crippen LogP contribution in [0.5, 0.6) is 0 Å². The van der Waals surface area contributed by atoms with Gasteiger partial charge in [-0.25, -0.2) is 0 Å². The van der Waals surface area contributed by atoms with E-state index in [2.05, 4.69) is 43.3 Å².